The Balaban J connectivity index is 1.57. The van der Waals surface area contributed by atoms with E-state index in [0.717, 1.165) is 46.8 Å². The number of hydrogen-bond donors (Lipinski definition) is 0. The van der Waals surface area contributed by atoms with Gasteiger partial charge in [-0.2, -0.15) is 0 Å². The van der Waals surface area contributed by atoms with E-state index in [1.807, 2.05) is 60.7 Å². The van der Waals surface area contributed by atoms with Gasteiger partial charge in [0.05, 0.1) is 20.3 Å². The van der Waals surface area contributed by atoms with Gasteiger partial charge in [0.1, 0.15) is 17.2 Å². The molecule has 1 heterocycles. The maximum atomic E-state index is 6.11. The molecule has 0 saturated carbocycles. The summed E-state index contributed by atoms with van der Waals surface area (Å²) in [4.78, 5) is 14.5. The third-order valence-corrected chi connectivity index (χ3v) is 8.09. The molecule has 1 aromatic heterocycles. The van der Waals surface area contributed by atoms with Gasteiger partial charge < -0.3 is 14.2 Å². The minimum atomic E-state index is 0.539. The van der Waals surface area contributed by atoms with Gasteiger partial charge in [0.15, 0.2) is 17.5 Å². The molecule has 0 amide bonds. The van der Waals surface area contributed by atoms with Crippen molar-refractivity contribution in [3.05, 3.63) is 72.8 Å². The molecular formula is C38H47N3O3. The molecule has 0 aliphatic rings. The van der Waals surface area contributed by atoms with Crippen molar-refractivity contribution in [2.75, 3.05) is 20.3 Å². The average Bonchev–Trinajstić information content (AvgIpc) is 3.09. The van der Waals surface area contributed by atoms with Crippen molar-refractivity contribution >= 4 is 0 Å². The Kier molecular flexibility index (Phi) is 13.0. The van der Waals surface area contributed by atoms with E-state index < -0.39 is 0 Å². The standard InChI is InChI=1S/C38H47N3O3/c1-6-10-12-28(8-3)26-43-34-22-16-31(17-23-34)37-39-36(30-14-20-33(42-5)21-15-30)40-38(41-37)32-18-24-35(25-19-32)44-27-29(9-4)13-11-7-2/h14-16,18,20-25,28-29H,6-13,26-27H2,1-5H3. The van der Waals surface area contributed by atoms with Crippen LogP contribution in [-0.4, -0.2) is 35.3 Å². The maximum Gasteiger partial charge on any atom is 0.164 e. The number of hydrogen-bond acceptors (Lipinski definition) is 6. The Morgan fingerprint density at radius 3 is 1.43 bits per heavy atom. The highest BCUT2D eigenvalue weighted by atomic mass is 16.5. The molecule has 0 spiro atoms. The molecule has 0 N–H and O–H groups in total. The summed E-state index contributed by atoms with van der Waals surface area (Å²) in [5, 5.41) is 0. The molecule has 2 unspecified atom stereocenters. The number of rotatable bonds is 18. The first kappa shape index (κ1) is 33.0. The van der Waals surface area contributed by atoms with Crippen LogP contribution in [0.25, 0.3) is 34.2 Å². The van der Waals surface area contributed by atoms with Gasteiger partial charge in [-0.15, -0.1) is 0 Å². The molecule has 0 bridgehead atoms. The van der Waals surface area contributed by atoms with E-state index in [9.17, 15) is 0 Å². The molecular weight excluding hydrogens is 546 g/mol. The zero-order valence-corrected chi connectivity index (χ0v) is 27.1. The first-order chi connectivity index (χ1) is 21.6. The molecule has 232 valence electrons. The second-order valence-electron chi connectivity index (χ2n) is 11.4. The monoisotopic (exact) mass is 593 g/mol. The third kappa shape index (κ3) is 9.54. The molecule has 4 aromatic rings. The van der Waals surface area contributed by atoms with Crippen molar-refractivity contribution in [2.45, 2.75) is 79.1 Å². The summed E-state index contributed by atoms with van der Waals surface area (Å²) in [6.07, 6.45) is 9.50. The molecule has 6 nitrogen and oxygen atoms in total. The van der Waals surface area contributed by atoms with Gasteiger partial charge >= 0.3 is 0 Å². The fraction of sp³-hybridized carbons (Fsp3) is 0.447. The number of nitrogens with zero attached hydrogens (tertiary/aromatic N) is 3. The van der Waals surface area contributed by atoms with E-state index in [1.165, 1.54) is 38.5 Å². The zero-order valence-electron chi connectivity index (χ0n) is 27.1. The quantitative estimate of drug-likeness (QED) is 0.114. The van der Waals surface area contributed by atoms with Crippen molar-refractivity contribution in [1.29, 1.82) is 0 Å². The summed E-state index contributed by atoms with van der Waals surface area (Å²) >= 11 is 0. The van der Waals surface area contributed by atoms with Crippen LogP contribution in [0.3, 0.4) is 0 Å². The van der Waals surface area contributed by atoms with Crippen molar-refractivity contribution in [1.82, 2.24) is 15.0 Å². The van der Waals surface area contributed by atoms with Crippen LogP contribution in [0.15, 0.2) is 60.7 Å². The molecule has 2 radical (unpaired) electrons. The lowest BCUT2D eigenvalue weighted by Gasteiger charge is -2.16. The average molecular weight is 594 g/mol. The molecule has 4 rings (SSSR count). The number of unbranched alkanes of at least 4 members (excludes halogenated alkanes) is 2. The molecule has 3 aromatic carbocycles. The highest BCUT2D eigenvalue weighted by Crippen LogP contribution is 2.28. The van der Waals surface area contributed by atoms with E-state index >= 15 is 0 Å². The van der Waals surface area contributed by atoms with Gasteiger partial charge in [0.25, 0.3) is 0 Å². The summed E-state index contributed by atoms with van der Waals surface area (Å²) in [7, 11) is 1.65. The van der Waals surface area contributed by atoms with E-state index in [0.29, 0.717) is 42.5 Å². The van der Waals surface area contributed by atoms with Crippen molar-refractivity contribution in [3.8, 4) is 51.4 Å². The predicted molar refractivity (Wildman–Crippen MR) is 178 cm³/mol. The molecule has 6 heteroatoms. The largest absolute Gasteiger partial charge is 0.497 e. The Labute approximate surface area is 264 Å². The number of methoxy groups -OCH3 is 1. The number of aromatic nitrogens is 3. The molecule has 44 heavy (non-hydrogen) atoms. The first-order valence-corrected chi connectivity index (χ1v) is 16.3. The Morgan fingerprint density at radius 2 is 1.05 bits per heavy atom. The van der Waals surface area contributed by atoms with Gasteiger partial charge in [-0.05, 0) is 97.5 Å². The second kappa shape index (κ2) is 17.4. The molecule has 2 atom stereocenters. The lowest BCUT2D eigenvalue weighted by molar-refractivity contribution is 0.233. The van der Waals surface area contributed by atoms with Crippen LogP contribution in [0.2, 0.25) is 0 Å². The van der Waals surface area contributed by atoms with Crippen LogP contribution in [0.4, 0.5) is 0 Å². The molecule has 0 fully saturated rings. The first-order valence-electron chi connectivity index (χ1n) is 16.3. The lowest BCUT2D eigenvalue weighted by atomic mass is 10.0. The van der Waals surface area contributed by atoms with Crippen LogP contribution in [0.5, 0.6) is 17.2 Å². The van der Waals surface area contributed by atoms with Crippen LogP contribution in [-0.2, 0) is 0 Å². The predicted octanol–water partition coefficient (Wildman–Crippen LogP) is 9.67. The normalized spacial score (nSPS) is 12.5. The minimum Gasteiger partial charge on any atom is -0.497 e. The summed E-state index contributed by atoms with van der Waals surface area (Å²) < 4.78 is 17.6. The Morgan fingerprint density at radius 1 is 0.591 bits per heavy atom. The number of ether oxygens (including phenoxy) is 3. The van der Waals surface area contributed by atoms with Gasteiger partial charge in [-0.25, -0.2) is 15.0 Å². The lowest BCUT2D eigenvalue weighted by Crippen LogP contribution is -2.11. The molecule has 0 aliphatic heterocycles. The highest BCUT2D eigenvalue weighted by molar-refractivity contribution is 5.66. The molecule has 0 aliphatic carbocycles. The van der Waals surface area contributed by atoms with E-state index in [4.69, 9.17) is 29.2 Å². The minimum absolute atomic E-state index is 0.539. The maximum absolute atomic E-state index is 6.11. The van der Waals surface area contributed by atoms with Crippen LogP contribution >= 0.6 is 0 Å². The zero-order chi connectivity index (χ0) is 31.1. The van der Waals surface area contributed by atoms with Crippen molar-refractivity contribution < 1.29 is 14.2 Å². The van der Waals surface area contributed by atoms with Gasteiger partial charge in [0, 0.05) is 16.7 Å². The summed E-state index contributed by atoms with van der Waals surface area (Å²) in [5.74, 6) is 5.16. The second-order valence-corrected chi connectivity index (χ2v) is 11.4. The SMILES string of the molecule is CCCCC(CC)COc1c[c]c(-c2nc(-c3[c]cc(OCC(CC)CCCC)cc3)nc(-c3ccc(OC)cc3)n2)cc1. The fourth-order valence-electron chi connectivity index (χ4n) is 4.99. The summed E-state index contributed by atoms with van der Waals surface area (Å²) in [5.41, 5.74) is 2.41. The summed E-state index contributed by atoms with van der Waals surface area (Å²) in [6, 6.07) is 26.0. The Bertz CT molecular complexity index is 1310. The topological polar surface area (TPSA) is 66.4 Å². The fourth-order valence-corrected chi connectivity index (χ4v) is 4.99. The molecule has 0 saturated heterocycles. The van der Waals surface area contributed by atoms with Crippen molar-refractivity contribution in [2.24, 2.45) is 11.8 Å². The Hall–Kier alpha value is -3.93. The van der Waals surface area contributed by atoms with Gasteiger partial charge in [0.2, 0.25) is 0 Å². The number of benzene rings is 3. The van der Waals surface area contributed by atoms with Gasteiger partial charge in [-0.3, -0.25) is 0 Å². The van der Waals surface area contributed by atoms with Crippen LogP contribution < -0.4 is 14.2 Å². The van der Waals surface area contributed by atoms with E-state index in [1.54, 1.807) is 7.11 Å². The summed E-state index contributed by atoms with van der Waals surface area (Å²) in [6.45, 7) is 10.3. The van der Waals surface area contributed by atoms with Crippen molar-refractivity contribution in [3.63, 3.8) is 0 Å². The van der Waals surface area contributed by atoms with E-state index in [2.05, 4.69) is 39.8 Å². The third-order valence-electron chi connectivity index (χ3n) is 8.09. The van der Waals surface area contributed by atoms with Gasteiger partial charge in [-0.1, -0.05) is 66.2 Å². The smallest absolute Gasteiger partial charge is 0.164 e. The van der Waals surface area contributed by atoms with Crippen LogP contribution in [0, 0.1) is 24.0 Å². The highest BCUT2D eigenvalue weighted by Gasteiger charge is 2.14. The van der Waals surface area contributed by atoms with E-state index in [-0.39, 0.29) is 0 Å². The van der Waals surface area contributed by atoms with Crippen LogP contribution in [0.1, 0.15) is 79.1 Å².